The van der Waals surface area contributed by atoms with Gasteiger partial charge >= 0.3 is 0 Å². The molecule has 0 aliphatic carbocycles. The van der Waals surface area contributed by atoms with Crippen molar-refractivity contribution >= 4 is 23.2 Å². The highest BCUT2D eigenvalue weighted by atomic mass is 32.1. The molecule has 0 N–H and O–H groups in total. The predicted molar refractivity (Wildman–Crippen MR) is 80.7 cm³/mol. The fourth-order valence-corrected chi connectivity index (χ4v) is 1.96. The Morgan fingerprint density at radius 3 is 2.65 bits per heavy atom. The van der Waals surface area contributed by atoms with E-state index in [9.17, 15) is 4.39 Å². The summed E-state index contributed by atoms with van der Waals surface area (Å²) in [5.74, 6) is -0.529. The number of aryl methyl sites for hydroxylation is 1. The van der Waals surface area contributed by atoms with Crippen molar-refractivity contribution in [2.24, 2.45) is 4.99 Å². The summed E-state index contributed by atoms with van der Waals surface area (Å²) in [4.78, 5) is 11.3. The topological polar surface area (TPSA) is 38.1 Å². The van der Waals surface area contributed by atoms with Gasteiger partial charge in [0.1, 0.15) is 5.69 Å². The van der Waals surface area contributed by atoms with Crippen LogP contribution < -0.4 is 0 Å². The van der Waals surface area contributed by atoms with Crippen LogP contribution in [0.15, 0.2) is 35.5 Å². The van der Waals surface area contributed by atoms with Gasteiger partial charge in [0.15, 0.2) is 5.82 Å². The average molecular weight is 287 g/mol. The van der Waals surface area contributed by atoms with Gasteiger partial charge in [0, 0.05) is 5.56 Å². The van der Waals surface area contributed by atoms with E-state index in [4.69, 9.17) is 0 Å². The Kier molecular flexibility index (Phi) is 5.04. The highest BCUT2D eigenvalue weighted by molar-refractivity contribution is 7.78. The van der Waals surface area contributed by atoms with Crippen molar-refractivity contribution in [2.45, 2.75) is 26.2 Å². The Labute approximate surface area is 122 Å². The summed E-state index contributed by atoms with van der Waals surface area (Å²) < 4.78 is 13.9. The van der Waals surface area contributed by atoms with Crippen LogP contribution in [0.1, 0.15) is 25.3 Å². The molecule has 0 amide bonds. The van der Waals surface area contributed by atoms with Crippen LogP contribution in [-0.2, 0) is 6.42 Å². The van der Waals surface area contributed by atoms with Crippen LogP contribution in [-0.4, -0.2) is 15.1 Å². The Balaban J connectivity index is 2.25. The van der Waals surface area contributed by atoms with Crippen LogP contribution in [0.2, 0.25) is 0 Å². The van der Waals surface area contributed by atoms with Crippen molar-refractivity contribution < 1.29 is 4.39 Å². The zero-order chi connectivity index (χ0) is 14.4. The molecule has 1 aromatic heterocycles. The van der Waals surface area contributed by atoms with Crippen LogP contribution in [0.3, 0.4) is 0 Å². The third-order valence-corrected chi connectivity index (χ3v) is 3.02. The van der Waals surface area contributed by atoms with Crippen molar-refractivity contribution in [3.05, 3.63) is 42.0 Å². The second-order valence-corrected chi connectivity index (χ2v) is 4.55. The normalized spacial score (nSPS) is 10.1. The van der Waals surface area contributed by atoms with E-state index in [1.54, 1.807) is 0 Å². The molecule has 1 aromatic carbocycles. The van der Waals surface area contributed by atoms with Gasteiger partial charge in [-0.25, -0.2) is 4.98 Å². The number of rotatable bonds is 5. The molecule has 2 aromatic rings. The molecule has 5 heteroatoms. The van der Waals surface area contributed by atoms with E-state index in [1.165, 1.54) is 11.8 Å². The molecule has 2 rings (SSSR count). The molecule has 0 radical (unpaired) electrons. The van der Waals surface area contributed by atoms with Crippen LogP contribution >= 0.6 is 12.2 Å². The minimum Gasteiger partial charge on any atom is -0.247 e. The minimum absolute atomic E-state index is 0.126. The standard InChI is InChI=1S/C15H14FN3S/c1-2-3-4-11-5-7-12(8-6-11)14-15(16)19-13(9-17-14)18-10-20/h5-9H,2-4H2,1H3. The molecule has 0 fully saturated rings. The third-order valence-electron chi connectivity index (χ3n) is 2.92. The molecule has 102 valence electrons. The molecule has 3 nitrogen and oxygen atoms in total. The molecule has 20 heavy (non-hydrogen) atoms. The second-order valence-electron chi connectivity index (χ2n) is 4.37. The van der Waals surface area contributed by atoms with E-state index < -0.39 is 5.95 Å². The summed E-state index contributed by atoms with van der Waals surface area (Å²) in [6.45, 7) is 2.16. The fourth-order valence-electron chi connectivity index (χ4n) is 1.86. The number of halogens is 1. The molecule has 0 saturated heterocycles. The second kappa shape index (κ2) is 6.98. The van der Waals surface area contributed by atoms with Crippen molar-refractivity contribution in [3.8, 4) is 11.3 Å². The number of nitrogens with zero attached hydrogens (tertiary/aromatic N) is 3. The van der Waals surface area contributed by atoms with Crippen molar-refractivity contribution in [1.82, 2.24) is 9.97 Å². The lowest BCUT2D eigenvalue weighted by atomic mass is 10.1. The summed E-state index contributed by atoms with van der Waals surface area (Å²) in [6.07, 6.45) is 4.72. The number of unbranched alkanes of at least 4 members (excludes halogenated alkanes) is 1. The quantitative estimate of drug-likeness (QED) is 0.606. The molecular formula is C15H14FN3S. The zero-order valence-corrected chi connectivity index (χ0v) is 12.0. The van der Waals surface area contributed by atoms with E-state index in [2.05, 4.69) is 39.3 Å². The number of aromatic nitrogens is 2. The first-order valence-corrected chi connectivity index (χ1v) is 6.85. The van der Waals surface area contributed by atoms with E-state index in [0.717, 1.165) is 19.3 Å². The van der Waals surface area contributed by atoms with E-state index in [0.29, 0.717) is 5.56 Å². The summed E-state index contributed by atoms with van der Waals surface area (Å²) in [6, 6.07) is 7.71. The van der Waals surface area contributed by atoms with Crippen molar-refractivity contribution in [1.29, 1.82) is 0 Å². The molecular weight excluding hydrogens is 273 g/mol. The lowest BCUT2D eigenvalue weighted by molar-refractivity contribution is 0.582. The minimum atomic E-state index is -0.655. The van der Waals surface area contributed by atoms with Gasteiger partial charge in [0.25, 0.3) is 0 Å². The smallest absolute Gasteiger partial charge is 0.241 e. The van der Waals surface area contributed by atoms with Crippen LogP contribution in [0.25, 0.3) is 11.3 Å². The van der Waals surface area contributed by atoms with Gasteiger partial charge in [0.05, 0.1) is 11.4 Å². The summed E-state index contributed by atoms with van der Waals surface area (Å²) >= 11 is 4.45. The lowest BCUT2D eigenvalue weighted by Gasteiger charge is -2.04. The molecule has 0 spiro atoms. The molecule has 0 unspecified atom stereocenters. The van der Waals surface area contributed by atoms with E-state index in [-0.39, 0.29) is 11.5 Å². The Morgan fingerprint density at radius 2 is 2.05 bits per heavy atom. The fraction of sp³-hybridized carbons (Fsp3) is 0.267. The van der Waals surface area contributed by atoms with E-state index in [1.807, 2.05) is 24.3 Å². The zero-order valence-electron chi connectivity index (χ0n) is 11.1. The number of hydrogen-bond acceptors (Lipinski definition) is 4. The van der Waals surface area contributed by atoms with E-state index >= 15 is 0 Å². The van der Waals surface area contributed by atoms with Gasteiger partial charge in [-0.3, -0.25) is 0 Å². The van der Waals surface area contributed by atoms with Gasteiger partial charge in [-0.15, -0.1) is 0 Å². The number of hydrogen-bond donors (Lipinski definition) is 0. The molecule has 0 saturated carbocycles. The average Bonchev–Trinajstić information content (AvgIpc) is 2.46. The number of isothiocyanates is 1. The van der Waals surface area contributed by atoms with Crippen LogP contribution in [0.5, 0.6) is 0 Å². The largest absolute Gasteiger partial charge is 0.247 e. The van der Waals surface area contributed by atoms with Crippen LogP contribution in [0.4, 0.5) is 10.2 Å². The summed E-state index contributed by atoms with van der Waals surface area (Å²) in [7, 11) is 0. The predicted octanol–water partition coefficient (Wildman–Crippen LogP) is 4.36. The Morgan fingerprint density at radius 1 is 1.30 bits per heavy atom. The highest BCUT2D eigenvalue weighted by Crippen LogP contribution is 2.22. The number of benzene rings is 1. The SMILES string of the molecule is CCCCc1ccc(-c2ncc(N=C=S)nc2F)cc1. The molecule has 0 atom stereocenters. The maximum atomic E-state index is 13.9. The maximum absolute atomic E-state index is 13.9. The summed E-state index contributed by atoms with van der Waals surface area (Å²) in [5, 5.41) is 2.14. The lowest BCUT2D eigenvalue weighted by Crippen LogP contribution is -1.93. The highest BCUT2D eigenvalue weighted by Gasteiger charge is 2.09. The van der Waals surface area contributed by atoms with Gasteiger partial charge in [-0.05, 0) is 30.6 Å². The van der Waals surface area contributed by atoms with Crippen LogP contribution in [0, 0.1) is 5.95 Å². The Bertz CT molecular complexity index is 634. The number of aliphatic imine (C=N–C) groups is 1. The molecule has 0 aliphatic heterocycles. The van der Waals surface area contributed by atoms with Crippen molar-refractivity contribution in [2.75, 3.05) is 0 Å². The molecule has 0 aliphatic rings. The first-order valence-electron chi connectivity index (χ1n) is 6.44. The van der Waals surface area contributed by atoms with Gasteiger partial charge in [-0.2, -0.15) is 14.4 Å². The van der Waals surface area contributed by atoms with Gasteiger partial charge in [0.2, 0.25) is 5.95 Å². The van der Waals surface area contributed by atoms with Gasteiger partial charge in [-0.1, -0.05) is 37.6 Å². The maximum Gasteiger partial charge on any atom is 0.241 e. The number of thiocarbonyl (C=S) groups is 1. The van der Waals surface area contributed by atoms with Gasteiger partial charge < -0.3 is 0 Å². The summed E-state index contributed by atoms with van der Waals surface area (Å²) in [5.41, 5.74) is 2.16. The third kappa shape index (κ3) is 3.53. The first kappa shape index (κ1) is 14.4. The molecule has 1 heterocycles. The monoisotopic (exact) mass is 287 g/mol. The van der Waals surface area contributed by atoms with Crippen molar-refractivity contribution in [3.63, 3.8) is 0 Å². The molecule has 0 bridgehead atoms. The first-order chi connectivity index (χ1) is 9.74. The Hall–Kier alpha value is -1.97.